The summed E-state index contributed by atoms with van der Waals surface area (Å²) in [5, 5.41) is 19.3. The summed E-state index contributed by atoms with van der Waals surface area (Å²) in [6.45, 7) is 1.56. The van der Waals surface area contributed by atoms with Crippen molar-refractivity contribution in [3.8, 4) is 5.75 Å². The zero-order chi connectivity index (χ0) is 15.1. The van der Waals surface area contributed by atoms with E-state index in [1.807, 2.05) is 0 Å². The first kappa shape index (κ1) is 16.4. The molecule has 0 heterocycles. The quantitative estimate of drug-likeness (QED) is 0.569. The maximum Gasteiger partial charge on any atom is 0.338 e. The average molecular weight is 288 g/mol. The molecule has 112 valence electrons. The maximum atomic E-state index is 13.8. The normalized spacial score (nSPS) is 13.7. The van der Waals surface area contributed by atoms with Crippen molar-refractivity contribution in [2.45, 2.75) is 19.1 Å². The van der Waals surface area contributed by atoms with Crippen LogP contribution in [0.25, 0.3) is 0 Å². The molecule has 0 spiro atoms. The van der Waals surface area contributed by atoms with Crippen LogP contribution in [0.4, 0.5) is 4.39 Å². The van der Waals surface area contributed by atoms with Gasteiger partial charge in [0.05, 0.1) is 6.61 Å². The van der Waals surface area contributed by atoms with Gasteiger partial charge in [0, 0.05) is 18.7 Å². The molecule has 2 N–H and O–H groups in total. The summed E-state index contributed by atoms with van der Waals surface area (Å²) in [5.41, 5.74) is -0.227. The smallest absolute Gasteiger partial charge is 0.338 e. The number of halogens is 1. The van der Waals surface area contributed by atoms with Gasteiger partial charge in [0.25, 0.3) is 0 Å². The lowest BCUT2D eigenvalue weighted by molar-refractivity contribution is -0.159. The van der Waals surface area contributed by atoms with Crippen molar-refractivity contribution < 1.29 is 33.6 Å². The summed E-state index contributed by atoms with van der Waals surface area (Å²) in [4.78, 5) is 11.3. The molecule has 0 saturated carbocycles. The highest BCUT2D eigenvalue weighted by Gasteiger charge is 2.29. The van der Waals surface area contributed by atoms with E-state index in [-0.39, 0.29) is 24.7 Å². The van der Waals surface area contributed by atoms with Gasteiger partial charge in [0.15, 0.2) is 12.9 Å². The molecule has 0 aliphatic carbocycles. The SMILES string of the molecule is CCOC(=O)C(O)C(O)c1ccc(OCOC)cc1F. The van der Waals surface area contributed by atoms with E-state index in [1.165, 1.54) is 19.2 Å². The number of aliphatic hydroxyl groups is 2. The van der Waals surface area contributed by atoms with E-state index in [9.17, 15) is 19.4 Å². The predicted octanol–water partition coefficient (Wildman–Crippen LogP) is 0.766. The lowest BCUT2D eigenvalue weighted by Crippen LogP contribution is -2.30. The van der Waals surface area contributed by atoms with Crippen molar-refractivity contribution in [2.24, 2.45) is 0 Å². The molecule has 2 unspecified atom stereocenters. The van der Waals surface area contributed by atoms with Gasteiger partial charge >= 0.3 is 5.97 Å². The Labute approximate surface area is 115 Å². The van der Waals surface area contributed by atoms with Crippen LogP contribution in [0.15, 0.2) is 18.2 Å². The highest BCUT2D eigenvalue weighted by atomic mass is 19.1. The van der Waals surface area contributed by atoms with Crippen LogP contribution >= 0.6 is 0 Å². The molecule has 0 bridgehead atoms. The molecule has 7 heteroatoms. The van der Waals surface area contributed by atoms with Gasteiger partial charge in [-0.2, -0.15) is 0 Å². The van der Waals surface area contributed by atoms with Crippen molar-refractivity contribution in [1.82, 2.24) is 0 Å². The Kier molecular flexibility index (Phi) is 6.37. The van der Waals surface area contributed by atoms with Gasteiger partial charge in [-0.3, -0.25) is 0 Å². The summed E-state index contributed by atoms with van der Waals surface area (Å²) >= 11 is 0. The first-order valence-electron chi connectivity index (χ1n) is 5.95. The van der Waals surface area contributed by atoms with Gasteiger partial charge in [-0.1, -0.05) is 0 Å². The minimum atomic E-state index is -1.85. The number of aliphatic hydroxyl groups excluding tert-OH is 2. The minimum Gasteiger partial charge on any atom is -0.467 e. The van der Waals surface area contributed by atoms with E-state index in [0.29, 0.717) is 0 Å². The molecule has 0 aromatic heterocycles. The summed E-state index contributed by atoms with van der Waals surface area (Å²) in [7, 11) is 1.42. The number of carbonyl (C=O) groups excluding carboxylic acids is 1. The summed E-state index contributed by atoms with van der Waals surface area (Å²) in [6.07, 6.45) is -3.57. The van der Waals surface area contributed by atoms with Gasteiger partial charge in [0.2, 0.25) is 0 Å². The zero-order valence-electron chi connectivity index (χ0n) is 11.2. The molecule has 0 aliphatic heterocycles. The Morgan fingerprint density at radius 3 is 2.65 bits per heavy atom. The largest absolute Gasteiger partial charge is 0.467 e. The number of benzene rings is 1. The number of rotatable bonds is 7. The number of hydrogen-bond acceptors (Lipinski definition) is 6. The van der Waals surface area contributed by atoms with Crippen LogP contribution in [0, 0.1) is 5.82 Å². The molecule has 6 nitrogen and oxygen atoms in total. The second-order valence-corrected chi connectivity index (χ2v) is 3.88. The Morgan fingerprint density at radius 2 is 2.10 bits per heavy atom. The third kappa shape index (κ3) is 4.16. The van der Waals surface area contributed by atoms with Gasteiger partial charge in [0.1, 0.15) is 17.7 Å². The lowest BCUT2D eigenvalue weighted by atomic mass is 10.0. The van der Waals surface area contributed by atoms with E-state index in [4.69, 9.17) is 4.74 Å². The minimum absolute atomic E-state index is 0.0488. The van der Waals surface area contributed by atoms with E-state index in [0.717, 1.165) is 6.07 Å². The molecule has 2 atom stereocenters. The zero-order valence-corrected chi connectivity index (χ0v) is 11.2. The van der Waals surface area contributed by atoms with E-state index < -0.39 is 24.0 Å². The third-order valence-electron chi connectivity index (χ3n) is 2.46. The van der Waals surface area contributed by atoms with Crippen LogP contribution in [-0.4, -0.2) is 42.8 Å². The van der Waals surface area contributed by atoms with Crippen molar-refractivity contribution in [3.05, 3.63) is 29.6 Å². The van der Waals surface area contributed by atoms with Crippen LogP contribution < -0.4 is 4.74 Å². The summed E-state index contributed by atoms with van der Waals surface area (Å²) in [5.74, 6) is -1.63. The molecule has 0 radical (unpaired) electrons. The lowest BCUT2D eigenvalue weighted by Gasteiger charge is -2.17. The van der Waals surface area contributed by atoms with E-state index in [1.54, 1.807) is 6.92 Å². The summed E-state index contributed by atoms with van der Waals surface area (Å²) < 4.78 is 28.0. The summed E-state index contributed by atoms with van der Waals surface area (Å²) in [6, 6.07) is 3.63. The number of hydrogen-bond donors (Lipinski definition) is 2. The van der Waals surface area contributed by atoms with Crippen LogP contribution in [-0.2, 0) is 14.3 Å². The van der Waals surface area contributed by atoms with E-state index in [2.05, 4.69) is 9.47 Å². The Balaban J connectivity index is 2.82. The second kappa shape index (κ2) is 7.78. The van der Waals surface area contributed by atoms with Gasteiger partial charge in [-0.15, -0.1) is 0 Å². The molecular weight excluding hydrogens is 271 g/mol. The molecule has 0 amide bonds. The third-order valence-corrected chi connectivity index (χ3v) is 2.46. The molecule has 0 saturated heterocycles. The number of methoxy groups -OCH3 is 1. The number of carbonyl (C=O) groups is 1. The predicted molar refractivity (Wildman–Crippen MR) is 66.5 cm³/mol. The van der Waals surface area contributed by atoms with Crippen LogP contribution in [0.2, 0.25) is 0 Å². The molecule has 1 aromatic carbocycles. The topological polar surface area (TPSA) is 85.2 Å². The molecule has 0 aliphatic rings. The Morgan fingerprint density at radius 1 is 1.40 bits per heavy atom. The van der Waals surface area contributed by atoms with Crippen molar-refractivity contribution in [2.75, 3.05) is 20.5 Å². The van der Waals surface area contributed by atoms with Crippen LogP contribution in [0.5, 0.6) is 5.75 Å². The standard InChI is InChI=1S/C13H17FO6/c1-3-19-13(17)12(16)11(15)9-5-4-8(6-10(9)14)20-7-18-2/h4-6,11-12,15-16H,3,7H2,1-2H3. The molecular formula is C13H17FO6. The number of esters is 1. The van der Waals surface area contributed by atoms with Crippen molar-refractivity contribution >= 4 is 5.97 Å². The van der Waals surface area contributed by atoms with E-state index >= 15 is 0 Å². The fourth-order valence-electron chi connectivity index (χ4n) is 1.49. The van der Waals surface area contributed by atoms with Crippen LogP contribution in [0.1, 0.15) is 18.6 Å². The molecule has 20 heavy (non-hydrogen) atoms. The fraction of sp³-hybridized carbons (Fsp3) is 0.462. The molecule has 0 fully saturated rings. The first-order valence-corrected chi connectivity index (χ1v) is 5.95. The second-order valence-electron chi connectivity index (χ2n) is 3.88. The average Bonchev–Trinajstić information content (AvgIpc) is 2.44. The monoisotopic (exact) mass is 288 g/mol. The van der Waals surface area contributed by atoms with Crippen molar-refractivity contribution in [1.29, 1.82) is 0 Å². The van der Waals surface area contributed by atoms with Crippen molar-refractivity contribution in [3.63, 3.8) is 0 Å². The Hall–Kier alpha value is -1.70. The van der Waals surface area contributed by atoms with Gasteiger partial charge in [-0.05, 0) is 19.1 Å². The highest BCUT2D eigenvalue weighted by Crippen LogP contribution is 2.24. The maximum absolute atomic E-state index is 13.8. The van der Waals surface area contributed by atoms with Gasteiger partial charge in [-0.25, -0.2) is 9.18 Å². The number of ether oxygens (including phenoxy) is 3. The molecule has 1 rings (SSSR count). The highest BCUT2D eigenvalue weighted by molar-refractivity contribution is 5.75. The molecule has 1 aromatic rings. The first-order chi connectivity index (χ1) is 9.51. The Bertz CT molecular complexity index is 450. The van der Waals surface area contributed by atoms with Crippen LogP contribution in [0.3, 0.4) is 0 Å². The van der Waals surface area contributed by atoms with Gasteiger partial charge < -0.3 is 24.4 Å². The fourth-order valence-corrected chi connectivity index (χ4v) is 1.49.